The maximum atomic E-state index is 11.1. The molecule has 14 heavy (non-hydrogen) atoms. The Hall–Kier alpha value is -1.16. The highest BCUT2D eigenvalue weighted by molar-refractivity contribution is 5.92. The highest BCUT2D eigenvalue weighted by Gasteiger charge is 2.08. The average Bonchev–Trinajstić information content (AvgIpc) is 2.47. The van der Waals surface area contributed by atoms with Crippen molar-refractivity contribution < 1.29 is 9.53 Å². The Labute approximate surface area is 83.9 Å². The van der Waals surface area contributed by atoms with Gasteiger partial charge < -0.3 is 4.74 Å². The zero-order chi connectivity index (χ0) is 10.6. The standard InChI is InChI=1S/C10H16N2O2/c1-8(13)10-7-9(11-12(10)2)5-4-6-14-3/h7H,4-6H2,1-3H3. The predicted molar refractivity (Wildman–Crippen MR) is 53.4 cm³/mol. The Morgan fingerprint density at radius 3 is 2.86 bits per heavy atom. The van der Waals surface area contributed by atoms with Crippen molar-refractivity contribution in [1.82, 2.24) is 9.78 Å². The molecule has 0 radical (unpaired) electrons. The van der Waals surface area contributed by atoms with E-state index in [0.717, 1.165) is 25.1 Å². The van der Waals surface area contributed by atoms with Gasteiger partial charge in [-0.05, 0) is 18.9 Å². The van der Waals surface area contributed by atoms with Gasteiger partial charge in [0.1, 0.15) is 5.69 Å². The van der Waals surface area contributed by atoms with Crippen molar-refractivity contribution >= 4 is 5.78 Å². The number of carbonyl (C=O) groups is 1. The molecule has 0 aliphatic rings. The molecule has 1 aromatic heterocycles. The van der Waals surface area contributed by atoms with E-state index in [-0.39, 0.29) is 5.78 Å². The molecule has 0 aliphatic heterocycles. The first-order valence-corrected chi connectivity index (χ1v) is 4.68. The Morgan fingerprint density at radius 2 is 2.36 bits per heavy atom. The number of hydrogen-bond acceptors (Lipinski definition) is 3. The van der Waals surface area contributed by atoms with Crippen LogP contribution in [0.4, 0.5) is 0 Å². The number of ether oxygens (including phenoxy) is 1. The first kappa shape index (κ1) is 10.9. The summed E-state index contributed by atoms with van der Waals surface area (Å²) >= 11 is 0. The van der Waals surface area contributed by atoms with Gasteiger partial charge in [0.15, 0.2) is 5.78 Å². The highest BCUT2D eigenvalue weighted by atomic mass is 16.5. The molecule has 1 aromatic rings. The lowest BCUT2D eigenvalue weighted by atomic mass is 10.2. The second-order valence-electron chi connectivity index (χ2n) is 3.30. The molecule has 1 rings (SSSR count). The second-order valence-corrected chi connectivity index (χ2v) is 3.30. The van der Waals surface area contributed by atoms with Gasteiger partial charge in [-0.2, -0.15) is 5.10 Å². The topological polar surface area (TPSA) is 44.1 Å². The van der Waals surface area contributed by atoms with Gasteiger partial charge in [0, 0.05) is 27.7 Å². The van der Waals surface area contributed by atoms with Crippen LogP contribution in [0.1, 0.15) is 29.5 Å². The normalized spacial score (nSPS) is 10.5. The minimum absolute atomic E-state index is 0.0537. The Balaban J connectivity index is 2.62. The van der Waals surface area contributed by atoms with Crippen LogP contribution in [0, 0.1) is 0 Å². The predicted octanol–water partition coefficient (Wildman–Crippen LogP) is 1.20. The van der Waals surface area contributed by atoms with Gasteiger partial charge in [0.25, 0.3) is 0 Å². The maximum Gasteiger partial charge on any atom is 0.177 e. The molecule has 4 heteroatoms. The molecule has 0 aliphatic carbocycles. The van der Waals surface area contributed by atoms with Crippen LogP contribution in [-0.2, 0) is 18.2 Å². The van der Waals surface area contributed by atoms with Crippen molar-refractivity contribution in [1.29, 1.82) is 0 Å². The van der Waals surface area contributed by atoms with Gasteiger partial charge in [-0.15, -0.1) is 0 Å². The number of hydrogen-bond donors (Lipinski definition) is 0. The minimum Gasteiger partial charge on any atom is -0.385 e. The van der Waals surface area contributed by atoms with Crippen LogP contribution >= 0.6 is 0 Å². The summed E-state index contributed by atoms with van der Waals surface area (Å²) < 4.78 is 6.58. The monoisotopic (exact) mass is 196 g/mol. The van der Waals surface area contributed by atoms with Crippen molar-refractivity contribution in [2.75, 3.05) is 13.7 Å². The van der Waals surface area contributed by atoms with E-state index in [4.69, 9.17) is 4.74 Å². The van der Waals surface area contributed by atoms with Crippen LogP contribution in [0.15, 0.2) is 6.07 Å². The molecule has 0 spiro atoms. The molecule has 0 saturated carbocycles. The van der Waals surface area contributed by atoms with E-state index < -0.39 is 0 Å². The first-order chi connectivity index (χ1) is 6.65. The van der Waals surface area contributed by atoms with Crippen LogP contribution in [0.2, 0.25) is 0 Å². The summed E-state index contributed by atoms with van der Waals surface area (Å²) in [6.45, 7) is 2.28. The summed E-state index contributed by atoms with van der Waals surface area (Å²) in [5, 5.41) is 4.24. The van der Waals surface area contributed by atoms with Crippen LogP contribution in [0.5, 0.6) is 0 Å². The number of aromatic nitrogens is 2. The lowest BCUT2D eigenvalue weighted by molar-refractivity contribution is 0.100. The van der Waals surface area contributed by atoms with Crippen LogP contribution in [0.3, 0.4) is 0 Å². The molecule has 0 saturated heterocycles. The van der Waals surface area contributed by atoms with Crippen molar-refractivity contribution in [3.8, 4) is 0 Å². The van der Waals surface area contributed by atoms with Crippen molar-refractivity contribution in [2.45, 2.75) is 19.8 Å². The van der Waals surface area contributed by atoms with E-state index in [1.807, 2.05) is 6.07 Å². The van der Waals surface area contributed by atoms with Crippen molar-refractivity contribution in [2.24, 2.45) is 7.05 Å². The zero-order valence-corrected chi connectivity index (χ0v) is 8.91. The van der Waals surface area contributed by atoms with Crippen LogP contribution in [0.25, 0.3) is 0 Å². The van der Waals surface area contributed by atoms with E-state index in [2.05, 4.69) is 5.10 Å². The lowest BCUT2D eigenvalue weighted by Gasteiger charge is -1.95. The molecule has 0 unspecified atom stereocenters. The van der Waals surface area contributed by atoms with E-state index in [1.54, 1.807) is 25.8 Å². The average molecular weight is 196 g/mol. The molecular weight excluding hydrogens is 180 g/mol. The van der Waals surface area contributed by atoms with E-state index in [9.17, 15) is 4.79 Å². The Bertz CT molecular complexity index is 318. The number of nitrogens with zero attached hydrogens (tertiary/aromatic N) is 2. The van der Waals surface area contributed by atoms with Crippen molar-refractivity contribution in [3.63, 3.8) is 0 Å². The highest BCUT2D eigenvalue weighted by Crippen LogP contribution is 2.06. The van der Waals surface area contributed by atoms with E-state index in [0.29, 0.717) is 5.69 Å². The summed E-state index contributed by atoms with van der Waals surface area (Å²) in [5.41, 5.74) is 1.62. The second kappa shape index (κ2) is 4.91. The Kier molecular flexibility index (Phi) is 3.83. The van der Waals surface area contributed by atoms with Gasteiger partial charge in [0.2, 0.25) is 0 Å². The summed E-state index contributed by atoms with van der Waals surface area (Å²) in [5.74, 6) is 0.0537. The third-order valence-electron chi connectivity index (χ3n) is 2.07. The molecular formula is C10H16N2O2. The molecule has 0 atom stereocenters. The molecule has 0 fully saturated rings. The molecule has 0 aromatic carbocycles. The third kappa shape index (κ3) is 2.67. The summed E-state index contributed by atoms with van der Waals surface area (Å²) in [6, 6.07) is 1.85. The molecule has 0 N–H and O–H groups in total. The van der Waals surface area contributed by atoms with Gasteiger partial charge in [-0.3, -0.25) is 9.48 Å². The first-order valence-electron chi connectivity index (χ1n) is 4.68. The molecule has 0 bridgehead atoms. The smallest absolute Gasteiger partial charge is 0.177 e. The summed E-state index contributed by atoms with van der Waals surface area (Å²) in [4.78, 5) is 11.1. The number of aryl methyl sites for hydroxylation is 2. The molecule has 1 heterocycles. The third-order valence-corrected chi connectivity index (χ3v) is 2.07. The zero-order valence-electron chi connectivity index (χ0n) is 8.91. The lowest BCUT2D eigenvalue weighted by Crippen LogP contribution is -2.02. The molecule has 0 amide bonds. The fraction of sp³-hybridized carbons (Fsp3) is 0.600. The van der Waals surface area contributed by atoms with Gasteiger partial charge in [-0.25, -0.2) is 0 Å². The molecule has 78 valence electrons. The Morgan fingerprint density at radius 1 is 1.64 bits per heavy atom. The van der Waals surface area contributed by atoms with E-state index >= 15 is 0 Å². The quantitative estimate of drug-likeness (QED) is 0.525. The van der Waals surface area contributed by atoms with Gasteiger partial charge >= 0.3 is 0 Å². The molecule has 4 nitrogen and oxygen atoms in total. The van der Waals surface area contributed by atoms with Gasteiger partial charge in [0.05, 0.1) is 5.69 Å². The minimum atomic E-state index is 0.0537. The summed E-state index contributed by atoms with van der Waals surface area (Å²) in [6.07, 6.45) is 1.79. The summed E-state index contributed by atoms with van der Waals surface area (Å²) in [7, 11) is 3.47. The SMILES string of the molecule is COCCCc1cc(C(C)=O)n(C)n1. The number of ketones is 1. The largest absolute Gasteiger partial charge is 0.385 e. The fourth-order valence-corrected chi connectivity index (χ4v) is 1.38. The van der Waals surface area contributed by atoms with Crippen molar-refractivity contribution in [3.05, 3.63) is 17.5 Å². The van der Waals surface area contributed by atoms with Gasteiger partial charge in [-0.1, -0.05) is 0 Å². The number of carbonyl (C=O) groups excluding carboxylic acids is 1. The number of methoxy groups -OCH3 is 1. The fourth-order valence-electron chi connectivity index (χ4n) is 1.38. The maximum absolute atomic E-state index is 11.1. The van der Waals surface area contributed by atoms with E-state index in [1.165, 1.54) is 0 Å². The number of Topliss-reactive ketones (excluding diaryl/α,β-unsaturated/α-hetero) is 1. The van der Waals surface area contributed by atoms with Crippen LogP contribution in [-0.4, -0.2) is 29.3 Å². The van der Waals surface area contributed by atoms with Crippen LogP contribution < -0.4 is 0 Å². The number of rotatable bonds is 5.